The van der Waals surface area contributed by atoms with Crippen LogP contribution in [0.3, 0.4) is 0 Å². The second-order valence-corrected chi connectivity index (χ2v) is 5.61. The van der Waals surface area contributed by atoms with Crippen LogP contribution in [0.2, 0.25) is 0 Å². The highest BCUT2D eigenvalue weighted by Gasteiger charge is 2.12. The van der Waals surface area contributed by atoms with Crippen molar-refractivity contribution in [2.45, 2.75) is 26.4 Å². The van der Waals surface area contributed by atoms with Gasteiger partial charge >= 0.3 is 0 Å². The Morgan fingerprint density at radius 3 is 2.74 bits per heavy atom. The molecule has 0 spiro atoms. The van der Waals surface area contributed by atoms with Crippen molar-refractivity contribution >= 4 is 17.0 Å². The number of thiophene rings is 1. The smallest absolute Gasteiger partial charge is 0.0434 e. The quantitative estimate of drug-likeness (QED) is 0.854. The molecule has 1 atom stereocenters. The topological polar surface area (TPSA) is 15.3 Å². The molecule has 0 fully saturated rings. The molecule has 2 nitrogen and oxygen atoms in total. The summed E-state index contributed by atoms with van der Waals surface area (Å²) in [5, 5.41) is 7.84. The summed E-state index contributed by atoms with van der Waals surface area (Å²) in [6.45, 7) is 6.32. The van der Waals surface area contributed by atoms with Gasteiger partial charge in [-0.2, -0.15) is 11.3 Å². The van der Waals surface area contributed by atoms with Gasteiger partial charge < -0.3 is 10.2 Å². The molecule has 0 radical (unpaired) electrons. The molecule has 0 saturated carbocycles. The Morgan fingerprint density at radius 2 is 2.05 bits per heavy atom. The van der Waals surface area contributed by atoms with Crippen LogP contribution in [0.1, 0.15) is 31.0 Å². The van der Waals surface area contributed by atoms with Gasteiger partial charge in [0.25, 0.3) is 0 Å². The van der Waals surface area contributed by atoms with Crippen LogP contribution >= 0.6 is 11.3 Å². The maximum atomic E-state index is 3.49. The first-order valence-electron chi connectivity index (χ1n) is 6.77. The average molecular weight is 274 g/mol. The third-order valence-electron chi connectivity index (χ3n) is 3.32. The van der Waals surface area contributed by atoms with Gasteiger partial charge in [0.2, 0.25) is 0 Å². The summed E-state index contributed by atoms with van der Waals surface area (Å²) in [5.74, 6) is 0. The predicted octanol–water partition coefficient (Wildman–Crippen LogP) is 4.06. The van der Waals surface area contributed by atoms with Crippen LogP contribution in [0.5, 0.6) is 0 Å². The van der Waals surface area contributed by atoms with E-state index >= 15 is 0 Å². The largest absolute Gasteiger partial charge is 0.370 e. The highest BCUT2D eigenvalue weighted by molar-refractivity contribution is 7.07. The number of hydrogen-bond donors (Lipinski definition) is 1. The summed E-state index contributed by atoms with van der Waals surface area (Å²) in [5.41, 5.74) is 4.04. The first-order chi connectivity index (χ1) is 9.22. The SMILES string of the molecule is CCNC(C)c1ccccc1N(C)Cc1ccsc1. The van der Waals surface area contributed by atoms with E-state index in [1.54, 1.807) is 11.3 Å². The van der Waals surface area contributed by atoms with Gasteiger partial charge in [-0.25, -0.2) is 0 Å². The molecular weight excluding hydrogens is 252 g/mol. The number of nitrogens with one attached hydrogen (secondary N) is 1. The van der Waals surface area contributed by atoms with E-state index in [-0.39, 0.29) is 0 Å². The van der Waals surface area contributed by atoms with Crippen LogP contribution in [0.4, 0.5) is 5.69 Å². The molecule has 3 heteroatoms. The fraction of sp³-hybridized carbons (Fsp3) is 0.375. The minimum Gasteiger partial charge on any atom is -0.370 e. The molecule has 19 heavy (non-hydrogen) atoms. The summed E-state index contributed by atoms with van der Waals surface area (Å²) in [6.07, 6.45) is 0. The number of para-hydroxylation sites is 1. The molecule has 1 heterocycles. The Hall–Kier alpha value is -1.32. The summed E-state index contributed by atoms with van der Waals surface area (Å²) < 4.78 is 0. The van der Waals surface area contributed by atoms with Gasteiger partial charge in [-0.1, -0.05) is 25.1 Å². The molecule has 0 aliphatic carbocycles. The predicted molar refractivity (Wildman–Crippen MR) is 85.0 cm³/mol. The Bertz CT molecular complexity index is 493. The zero-order valence-electron chi connectivity index (χ0n) is 11.9. The molecular formula is C16H22N2S. The molecule has 0 aliphatic heterocycles. The van der Waals surface area contributed by atoms with Crippen LogP contribution in [-0.2, 0) is 6.54 Å². The molecule has 1 aromatic carbocycles. The van der Waals surface area contributed by atoms with E-state index in [0.717, 1.165) is 13.1 Å². The van der Waals surface area contributed by atoms with Crippen molar-refractivity contribution in [3.05, 3.63) is 52.2 Å². The Balaban J connectivity index is 2.18. The van der Waals surface area contributed by atoms with Crippen LogP contribution < -0.4 is 10.2 Å². The number of anilines is 1. The van der Waals surface area contributed by atoms with Crippen LogP contribution in [0.15, 0.2) is 41.1 Å². The molecule has 1 aromatic heterocycles. The molecule has 2 rings (SSSR count). The normalized spacial score (nSPS) is 12.4. The van der Waals surface area contributed by atoms with Crippen molar-refractivity contribution < 1.29 is 0 Å². The Labute approximate surface area is 120 Å². The van der Waals surface area contributed by atoms with E-state index in [4.69, 9.17) is 0 Å². The number of hydrogen-bond acceptors (Lipinski definition) is 3. The lowest BCUT2D eigenvalue weighted by Gasteiger charge is -2.25. The van der Waals surface area contributed by atoms with Crippen LogP contribution in [-0.4, -0.2) is 13.6 Å². The second kappa shape index (κ2) is 6.73. The minimum absolute atomic E-state index is 0.381. The highest BCUT2D eigenvalue weighted by Crippen LogP contribution is 2.26. The van der Waals surface area contributed by atoms with Gasteiger partial charge in [0, 0.05) is 25.3 Å². The van der Waals surface area contributed by atoms with Crippen molar-refractivity contribution in [2.75, 3.05) is 18.5 Å². The molecule has 1 N–H and O–H groups in total. The first-order valence-corrected chi connectivity index (χ1v) is 7.71. The summed E-state index contributed by atoms with van der Waals surface area (Å²) in [4.78, 5) is 2.32. The Kier molecular flexibility index (Phi) is 5.00. The van der Waals surface area contributed by atoms with E-state index in [1.165, 1.54) is 16.8 Å². The number of nitrogens with zero attached hydrogens (tertiary/aromatic N) is 1. The summed E-state index contributed by atoms with van der Waals surface area (Å²) in [6, 6.07) is 11.2. The van der Waals surface area contributed by atoms with Crippen molar-refractivity contribution in [1.82, 2.24) is 5.32 Å². The molecule has 0 bridgehead atoms. The zero-order chi connectivity index (χ0) is 13.7. The van der Waals surface area contributed by atoms with Gasteiger partial charge in [0.05, 0.1) is 0 Å². The van der Waals surface area contributed by atoms with Crippen molar-refractivity contribution in [2.24, 2.45) is 0 Å². The standard InChI is InChI=1S/C16H22N2S/c1-4-17-13(2)15-7-5-6-8-16(15)18(3)11-14-9-10-19-12-14/h5-10,12-13,17H,4,11H2,1-3H3. The van der Waals surface area contributed by atoms with Crippen LogP contribution in [0.25, 0.3) is 0 Å². The third kappa shape index (κ3) is 3.58. The van der Waals surface area contributed by atoms with Crippen LogP contribution in [0, 0.1) is 0 Å². The maximum Gasteiger partial charge on any atom is 0.0434 e. The van der Waals surface area contributed by atoms with Gasteiger partial charge in [-0.15, -0.1) is 0 Å². The van der Waals surface area contributed by atoms with E-state index in [2.05, 4.69) is 72.2 Å². The first kappa shape index (κ1) is 14.1. The van der Waals surface area contributed by atoms with E-state index in [9.17, 15) is 0 Å². The maximum absolute atomic E-state index is 3.49. The molecule has 102 valence electrons. The van der Waals surface area contributed by atoms with Gasteiger partial charge in [-0.05, 0) is 47.5 Å². The van der Waals surface area contributed by atoms with E-state index in [0.29, 0.717) is 6.04 Å². The van der Waals surface area contributed by atoms with E-state index < -0.39 is 0 Å². The molecule has 2 aromatic rings. The molecule has 1 unspecified atom stereocenters. The Morgan fingerprint density at radius 1 is 1.26 bits per heavy atom. The lowest BCUT2D eigenvalue weighted by Crippen LogP contribution is -2.23. The van der Waals surface area contributed by atoms with Crippen molar-refractivity contribution in [3.8, 4) is 0 Å². The monoisotopic (exact) mass is 274 g/mol. The number of benzene rings is 1. The second-order valence-electron chi connectivity index (χ2n) is 4.83. The van der Waals surface area contributed by atoms with Gasteiger partial charge in [0.1, 0.15) is 0 Å². The average Bonchev–Trinajstić information content (AvgIpc) is 2.92. The fourth-order valence-electron chi connectivity index (χ4n) is 2.36. The zero-order valence-corrected chi connectivity index (χ0v) is 12.7. The summed E-state index contributed by atoms with van der Waals surface area (Å²) in [7, 11) is 2.16. The van der Waals surface area contributed by atoms with Gasteiger partial charge in [-0.3, -0.25) is 0 Å². The lowest BCUT2D eigenvalue weighted by molar-refractivity contribution is 0.597. The van der Waals surface area contributed by atoms with E-state index in [1.807, 2.05) is 0 Å². The molecule has 0 amide bonds. The van der Waals surface area contributed by atoms with Gasteiger partial charge in [0.15, 0.2) is 0 Å². The van der Waals surface area contributed by atoms with Crippen molar-refractivity contribution in [1.29, 1.82) is 0 Å². The highest BCUT2D eigenvalue weighted by atomic mass is 32.1. The van der Waals surface area contributed by atoms with Crippen molar-refractivity contribution in [3.63, 3.8) is 0 Å². The summed E-state index contributed by atoms with van der Waals surface area (Å²) >= 11 is 1.76. The molecule has 0 saturated heterocycles. The third-order valence-corrected chi connectivity index (χ3v) is 4.06. The number of rotatable bonds is 6. The fourth-order valence-corrected chi connectivity index (χ4v) is 3.02. The lowest BCUT2D eigenvalue weighted by atomic mass is 10.0. The minimum atomic E-state index is 0.381. The molecule has 0 aliphatic rings.